The van der Waals surface area contributed by atoms with Gasteiger partial charge in [0.1, 0.15) is 0 Å². The van der Waals surface area contributed by atoms with Crippen LogP contribution in [0.2, 0.25) is 0 Å². The van der Waals surface area contributed by atoms with Crippen molar-refractivity contribution in [2.45, 2.75) is 32.4 Å². The van der Waals surface area contributed by atoms with Gasteiger partial charge in [-0.3, -0.25) is 9.59 Å². The maximum Gasteiger partial charge on any atom is 0.264 e. The molecule has 1 aromatic heterocycles. The smallest absolute Gasteiger partial charge is 0.264 e. The van der Waals surface area contributed by atoms with E-state index in [2.05, 4.69) is 5.32 Å². The fourth-order valence-electron chi connectivity index (χ4n) is 3.44. The average Bonchev–Trinajstić information content (AvgIpc) is 3.34. The SMILES string of the molecule is CC(=O)Nc1ccc(N(C)C)c(CN(C[C@@H]2CCCO2)C(=O)c2cccs2)c1. The lowest BCUT2D eigenvalue weighted by Crippen LogP contribution is -2.37. The standard InChI is InChI=1S/C21H27N3O3S/c1-15(25)22-17-8-9-19(23(2)3)16(12-17)13-24(14-18-6-4-10-27-18)21(26)20-7-5-11-28-20/h5,7-9,11-12,18H,4,6,10,13-14H2,1-3H3,(H,22,25)/t18-/m0/s1. The van der Waals surface area contributed by atoms with E-state index in [1.165, 1.54) is 18.3 Å². The van der Waals surface area contributed by atoms with Crippen LogP contribution in [0.5, 0.6) is 0 Å². The van der Waals surface area contributed by atoms with Gasteiger partial charge in [-0.1, -0.05) is 6.07 Å². The zero-order valence-electron chi connectivity index (χ0n) is 16.6. The van der Waals surface area contributed by atoms with Gasteiger partial charge in [0.15, 0.2) is 0 Å². The summed E-state index contributed by atoms with van der Waals surface area (Å²) in [4.78, 5) is 29.2. The van der Waals surface area contributed by atoms with E-state index >= 15 is 0 Å². The molecule has 150 valence electrons. The number of ether oxygens (including phenoxy) is 1. The summed E-state index contributed by atoms with van der Waals surface area (Å²) in [5.74, 6) is -0.102. The van der Waals surface area contributed by atoms with Gasteiger partial charge in [0.05, 0.1) is 11.0 Å². The Morgan fingerprint density at radius 1 is 1.29 bits per heavy atom. The van der Waals surface area contributed by atoms with Crippen molar-refractivity contribution < 1.29 is 14.3 Å². The molecule has 1 aliphatic heterocycles. The normalized spacial score (nSPS) is 16.0. The van der Waals surface area contributed by atoms with Crippen molar-refractivity contribution in [2.24, 2.45) is 0 Å². The van der Waals surface area contributed by atoms with Crippen LogP contribution in [0.15, 0.2) is 35.7 Å². The van der Waals surface area contributed by atoms with Crippen LogP contribution in [-0.4, -0.2) is 50.1 Å². The van der Waals surface area contributed by atoms with E-state index in [0.29, 0.717) is 13.1 Å². The molecule has 28 heavy (non-hydrogen) atoms. The maximum atomic E-state index is 13.1. The van der Waals surface area contributed by atoms with Gasteiger partial charge in [-0.2, -0.15) is 0 Å². The number of carbonyl (C=O) groups excluding carboxylic acids is 2. The Labute approximate surface area is 170 Å². The van der Waals surface area contributed by atoms with Crippen LogP contribution in [0.4, 0.5) is 11.4 Å². The highest BCUT2D eigenvalue weighted by Gasteiger charge is 2.25. The van der Waals surface area contributed by atoms with Crippen LogP contribution in [0, 0.1) is 0 Å². The minimum atomic E-state index is -0.116. The van der Waals surface area contributed by atoms with Gasteiger partial charge in [-0.25, -0.2) is 0 Å². The van der Waals surface area contributed by atoms with Gasteiger partial charge in [0.25, 0.3) is 5.91 Å². The van der Waals surface area contributed by atoms with Crippen LogP contribution >= 0.6 is 11.3 Å². The fraction of sp³-hybridized carbons (Fsp3) is 0.429. The van der Waals surface area contributed by atoms with E-state index in [-0.39, 0.29) is 17.9 Å². The van der Waals surface area contributed by atoms with Crippen molar-refractivity contribution in [3.8, 4) is 0 Å². The number of nitrogens with zero attached hydrogens (tertiary/aromatic N) is 2. The summed E-state index contributed by atoms with van der Waals surface area (Å²) >= 11 is 1.45. The zero-order valence-corrected chi connectivity index (χ0v) is 17.4. The molecule has 0 bridgehead atoms. The molecule has 0 radical (unpaired) electrons. The summed E-state index contributed by atoms with van der Waals surface area (Å²) in [5.41, 5.74) is 2.73. The van der Waals surface area contributed by atoms with Crippen molar-refractivity contribution in [2.75, 3.05) is 37.5 Å². The first-order valence-electron chi connectivity index (χ1n) is 9.46. The van der Waals surface area contributed by atoms with Crippen LogP contribution in [0.25, 0.3) is 0 Å². The van der Waals surface area contributed by atoms with Gasteiger partial charge < -0.3 is 19.9 Å². The molecule has 2 heterocycles. The molecule has 1 atom stereocenters. The highest BCUT2D eigenvalue weighted by molar-refractivity contribution is 7.12. The topological polar surface area (TPSA) is 61.9 Å². The van der Waals surface area contributed by atoms with E-state index in [1.807, 2.05) is 59.6 Å². The van der Waals surface area contributed by atoms with Crippen LogP contribution in [0.3, 0.4) is 0 Å². The third kappa shape index (κ3) is 5.11. The summed E-state index contributed by atoms with van der Waals surface area (Å²) < 4.78 is 5.78. The molecule has 7 heteroatoms. The monoisotopic (exact) mass is 401 g/mol. The highest BCUT2D eigenvalue weighted by Crippen LogP contribution is 2.26. The van der Waals surface area contributed by atoms with Crippen molar-refractivity contribution >= 4 is 34.5 Å². The Balaban J connectivity index is 1.89. The summed E-state index contributed by atoms with van der Waals surface area (Å²) in [7, 11) is 3.95. The minimum Gasteiger partial charge on any atom is -0.377 e. The molecule has 1 fully saturated rings. The molecular formula is C21H27N3O3S. The number of thiophene rings is 1. The Hall–Kier alpha value is -2.38. The van der Waals surface area contributed by atoms with E-state index in [0.717, 1.165) is 41.3 Å². The molecule has 0 saturated carbocycles. The Bertz CT molecular complexity index is 814. The first-order chi connectivity index (χ1) is 13.4. The second-order valence-corrected chi connectivity index (χ2v) is 8.16. The number of rotatable bonds is 7. The Morgan fingerprint density at radius 3 is 2.71 bits per heavy atom. The van der Waals surface area contributed by atoms with Crippen molar-refractivity contribution in [3.05, 3.63) is 46.2 Å². The number of hydrogen-bond donors (Lipinski definition) is 1. The molecule has 6 nitrogen and oxygen atoms in total. The van der Waals surface area contributed by atoms with E-state index in [1.54, 1.807) is 0 Å². The third-order valence-corrected chi connectivity index (χ3v) is 5.57. The second kappa shape index (κ2) is 9.21. The van der Waals surface area contributed by atoms with Crippen molar-refractivity contribution in [1.82, 2.24) is 4.90 Å². The molecule has 0 aliphatic carbocycles. The predicted molar refractivity (Wildman–Crippen MR) is 113 cm³/mol. The van der Waals surface area contributed by atoms with E-state index in [4.69, 9.17) is 4.74 Å². The molecule has 1 N–H and O–H groups in total. The number of carbonyl (C=O) groups is 2. The van der Waals surface area contributed by atoms with Gasteiger partial charge in [0, 0.05) is 52.1 Å². The van der Waals surface area contributed by atoms with E-state index in [9.17, 15) is 9.59 Å². The molecule has 1 saturated heterocycles. The zero-order chi connectivity index (χ0) is 20.1. The van der Waals surface area contributed by atoms with E-state index < -0.39 is 0 Å². The lowest BCUT2D eigenvalue weighted by atomic mass is 10.1. The minimum absolute atomic E-state index is 0.0140. The quantitative estimate of drug-likeness (QED) is 0.770. The molecule has 1 aliphatic rings. The summed E-state index contributed by atoms with van der Waals surface area (Å²) in [6, 6.07) is 9.55. The molecule has 0 unspecified atom stereocenters. The van der Waals surface area contributed by atoms with Gasteiger partial charge in [-0.05, 0) is 48.1 Å². The summed E-state index contributed by atoms with van der Waals surface area (Å²) in [6.45, 7) is 3.27. The lowest BCUT2D eigenvalue weighted by molar-refractivity contribution is -0.114. The molecule has 1 aromatic carbocycles. The Kier molecular flexibility index (Phi) is 6.70. The Morgan fingerprint density at radius 2 is 2.11 bits per heavy atom. The van der Waals surface area contributed by atoms with Gasteiger partial charge >= 0.3 is 0 Å². The van der Waals surface area contributed by atoms with Crippen molar-refractivity contribution in [3.63, 3.8) is 0 Å². The van der Waals surface area contributed by atoms with Crippen LogP contribution < -0.4 is 10.2 Å². The molecular weight excluding hydrogens is 374 g/mol. The van der Waals surface area contributed by atoms with Crippen LogP contribution in [-0.2, 0) is 16.1 Å². The predicted octanol–water partition coefficient (Wildman–Crippen LogP) is 3.59. The van der Waals surface area contributed by atoms with Gasteiger partial charge in [-0.15, -0.1) is 11.3 Å². The number of nitrogens with one attached hydrogen (secondary N) is 1. The second-order valence-electron chi connectivity index (χ2n) is 7.22. The number of benzene rings is 1. The molecule has 2 amide bonds. The first kappa shape index (κ1) is 20.4. The summed E-state index contributed by atoms with van der Waals surface area (Å²) in [5, 5.41) is 4.75. The highest BCUT2D eigenvalue weighted by atomic mass is 32.1. The number of hydrogen-bond acceptors (Lipinski definition) is 5. The van der Waals surface area contributed by atoms with Crippen molar-refractivity contribution in [1.29, 1.82) is 0 Å². The van der Waals surface area contributed by atoms with Crippen LogP contribution in [0.1, 0.15) is 35.0 Å². The number of amides is 2. The maximum absolute atomic E-state index is 13.1. The lowest BCUT2D eigenvalue weighted by Gasteiger charge is -2.28. The molecule has 0 spiro atoms. The third-order valence-electron chi connectivity index (χ3n) is 4.71. The average molecular weight is 402 g/mol. The largest absolute Gasteiger partial charge is 0.377 e. The molecule has 3 rings (SSSR count). The van der Waals surface area contributed by atoms with Gasteiger partial charge in [0.2, 0.25) is 5.91 Å². The fourth-order valence-corrected chi connectivity index (χ4v) is 4.14. The molecule has 2 aromatic rings. The number of anilines is 2. The first-order valence-corrected chi connectivity index (χ1v) is 10.3. The summed E-state index contributed by atoms with van der Waals surface area (Å²) in [6.07, 6.45) is 2.08.